The summed E-state index contributed by atoms with van der Waals surface area (Å²) in [5, 5.41) is 3.53. The monoisotopic (exact) mass is 275 g/mol. The zero-order valence-electron chi connectivity index (χ0n) is 10.2. The highest BCUT2D eigenvalue weighted by molar-refractivity contribution is 7.16. The molecule has 5 heteroatoms. The predicted molar refractivity (Wildman–Crippen MR) is 71.1 cm³/mol. The summed E-state index contributed by atoms with van der Waals surface area (Å²) in [5.74, 6) is 0. The smallest absolute Gasteiger partial charge is 0.0934 e. The van der Waals surface area contributed by atoms with Crippen LogP contribution in [0.15, 0.2) is 6.07 Å². The van der Waals surface area contributed by atoms with Crippen LogP contribution in [0.5, 0.6) is 0 Å². The quantitative estimate of drug-likeness (QED) is 0.866. The van der Waals surface area contributed by atoms with Gasteiger partial charge in [0, 0.05) is 31.7 Å². The molecule has 2 atom stereocenters. The van der Waals surface area contributed by atoms with E-state index in [4.69, 9.17) is 21.1 Å². The number of hydrogen-bond donors (Lipinski definition) is 1. The van der Waals surface area contributed by atoms with Crippen molar-refractivity contribution in [2.75, 3.05) is 27.4 Å². The average molecular weight is 276 g/mol. The lowest BCUT2D eigenvalue weighted by Gasteiger charge is -2.19. The van der Waals surface area contributed by atoms with Gasteiger partial charge in [0.25, 0.3) is 0 Å². The Morgan fingerprint density at radius 1 is 1.59 bits per heavy atom. The van der Waals surface area contributed by atoms with Crippen molar-refractivity contribution in [2.45, 2.75) is 25.0 Å². The highest BCUT2D eigenvalue weighted by Crippen LogP contribution is 2.39. The summed E-state index contributed by atoms with van der Waals surface area (Å²) in [6.07, 6.45) is 2.40. The molecule has 0 amide bonds. The number of thiophene rings is 1. The molecule has 0 bridgehead atoms. The van der Waals surface area contributed by atoms with Crippen LogP contribution in [0.3, 0.4) is 0 Å². The Morgan fingerprint density at radius 3 is 3.12 bits per heavy atom. The molecule has 0 radical (unpaired) electrons. The number of rotatable bonds is 6. The zero-order valence-corrected chi connectivity index (χ0v) is 11.7. The molecule has 2 rings (SSSR count). The van der Waals surface area contributed by atoms with Gasteiger partial charge in [-0.2, -0.15) is 0 Å². The van der Waals surface area contributed by atoms with Crippen LogP contribution in [-0.2, 0) is 15.9 Å². The van der Waals surface area contributed by atoms with Gasteiger partial charge < -0.3 is 14.8 Å². The lowest BCUT2D eigenvalue weighted by atomic mass is 10.1. The third-order valence-electron chi connectivity index (χ3n) is 3.12. The van der Waals surface area contributed by atoms with Gasteiger partial charge in [0.2, 0.25) is 0 Å². The van der Waals surface area contributed by atoms with Gasteiger partial charge in [-0.15, -0.1) is 11.3 Å². The topological polar surface area (TPSA) is 30.5 Å². The molecular formula is C12H18ClNO2S. The highest BCUT2D eigenvalue weighted by atomic mass is 35.5. The van der Waals surface area contributed by atoms with Crippen molar-refractivity contribution in [3.05, 3.63) is 20.8 Å². The van der Waals surface area contributed by atoms with E-state index in [1.54, 1.807) is 25.6 Å². The standard InChI is InChI=1S/C12H18ClNO2S/c1-15-7-8(16-2)6-14-10-3-4-11-9(10)5-12(13)17-11/h5,8,10,14H,3-4,6-7H2,1-2H3. The Bertz CT molecular complexity index is 369. The van der Waals surface area contributed by atoms with Crippen molar-refractivity contribution in [3.8, 4) is 0 Å². The number of fused-ring (bicyclic) bond motifs is 1. The van der Waals surface area contributed by atoms with Crippen LogP contribution in [0.25, 0.3) is 0 Å². The molecule has 1 aromatic heterocycles. The van der Waals surface area contributed by atoms with Crippen LogP contribution in [-0.4, -0.2) is 33.5 Å². The fraction of sp³-hybridized carbons (Fsp3) is 0.667. The lowest BCUT2D eigenvalue weighted by Crippen LogP contribution is -2.33. The molecule has 0 aromatic carbocycles. The van der Waals surface area contributed by atoms with E-state index in [1.807, 2.05) is 0 Å². The van der Waals surface area contributed by atoms with E-state index >= 15 is 0 Å². The van der Waals surface area contributed by atoms with Crippen LogP contribution >= 0.6 is 22.9 Å². The first-order valence-corrected chi connectivity index (χ1v) is 6.97. The van der Waals surface area contributed by atoms with Crippen molar-refractivity contribution in [3.63, 3.8) is 0 Å². The number of ether oxygens (including phenoxy) is 2. The Morgan fingerprint density at radius 2 is 2.41 bits per heavy atom. The Balaban J connectivity index is 1.88. The molecule has 1 N–H and O–H groups in total. The molecule has 1 heterocycles. The molecule has 2 unspecified atom stereocenters. The minimum absolute atomic E-state index is 0.109. The Hall–Kier alpha value is -0.130. The fourth-order valence-electron chi connectivity index (χ4n) is 2.21. The Labute approximate surface area is 111 Å². The zero-order chi connectivity index (χ0) is 12.3. The second-order valence-corrected chi connectivity index (χ2v) is 6.01. The number of nitrogens with one attached hydrogen (secondary N) is 1. The van der Waals surface area contributed by atoms with Crippen molar-refractivity contribution >= 4 is 22.9 Å². The summed E-state index contributed by atoms with van der Waals surface area (Å²) in [6, 6.07) is 2.51. The molecule has 0 saturated heterocycles. The van der Waals surface area contributed by atoms with Gasteiger partial charge in [0.15, 0.2) is 0 Å². The summed E-state index contributed by atoms with van der Waals surface area (Å²) in [4.78, 5) is 1.42. The lowest BCUT2D eigenvalue weighted by molar-refractivity contribution is 0.0273. The minimum atomic E-state index is 0.109. The third-order valence-corrected chi connectivity index (χ3v) is 4.46. The maximum Gasteiger partial charge on any atom is 0.0934 e. The van der Waals surface area contributed by atoms with Gasteiger partial charge in [-0.1, -0.05) is 11.6 Å². The molecule has 1 aromatic rings. The summed E-state index contributed by atoms with van der Waals surface area (Å²) < 4.78 is 11.3. The van der Waals surface area contributed by atoms with Crippen LogP contribution < -0.4 is 5.32 Å². The molecular weight excluding hydrogens is 258 g/mol. The summed E-state index contributed by atoms with van der Waals surface area (Å²) in [6.45, 7) is 1.43. The van der Waals surface area contributed by atoms with Gasteiger partial charge in [-0.25, -0.2) is 0 Å². The van der Waals surface area contributed by atoms with Crippen molar-refractivity contribution in [1.82, 2.24) is 5.32 Å². The molecule has 0 spiro atoms. The SMILES string of the molecule is COCC(CNC1CCc2sc(Cl)cc21)OC. The van der Waals surface area contributed by atoms with Crippen molar-refractivity contribution < 1.29 is 9.47 Å². The molecule has 17 heavy (non-hydrogen) atoms. The van der Waals surface area contributed by atoms with Crippen molar-refractivity contribution in [2.24, 2.45) is 0 Å². The van der Waals surface area contributed by atoms with E-state index < -0.39 is 0 Å². The van der Waals surface area contributed by atoms with Crippen LogP contribution in [0, 0.1) is 0 Å². The van der Waals surface area contributed by atoms with E-state index in [0.29, 0.717) is 12.6 Å². The first-order valence-electron chi connectivity index (χ1n) is 5.77. The number of methoxy groups -OCH3 is 2. The van der Waals surface area contributed by atoms with Gasteiger partial charge in [0.1, 0.15) is 0 Å². The van der Waals surface area contributed by atoms with Crippen LogP contribution in [0.4, 0.5) is 0 Å². The largest absolute Gasteiger partial charge is 0.382 e. The van der Waals surface area contributed by atoms with E-state index in [2.05, 4.69) is 11.4 Å². The maximum atomic E-state index is 6.03. The van der Waals surface area contributed by atoms with Crippen LogP contribution in [0.2, 0.25) is 4.34 Å². The number of halogens is 1. The number of aryl methyl sites for hydroxylation is 1. The summed E-state index contributed by atoms with van der Waals surface area (Å²) in [5.41, 5.74) is 1.37. The molecule has 96 valence electrons. The Kier molecular flexibility index (Phi) is 4.82. The van der Waals surface area contributed by atoms with Crippen LogP contribution in [0.1, 0.15) is 22.9 Å². The minimum Gasteiger partial charge on any atom is -0.382 e. The van der Waals surface area contributed by atoms with Gasteiger partial charge >= 0.3 is 0 Å². The normalized spacial score (nSPS) is 20.5. The predicted octanol–water partition coefficient (Wildman–Crippen LogP) is 2.64. The molecule has 0 saturated carbocycles. The average Bonchev–Trinajstić information content (AvgIpc) is 2.84. The molecule has 3 nitrogen and oxygen atoms in total. The van der Waals surface area contributed by atoms with E-state index in [0.717, 1.165) is 23.7 Å². The number of hydrogen-bond acceptors (Lipinski definition) is 4. The second-order valence-electron chi connectivity index (χ2n) is 4.24. The van der Waals surface area contributed by atoms with Gasteiger partial charge in [-0.05, 0) is 24.5 Å². The molecule has 1 aliphatic rings. The maximum absolute atomic E-state index is 6.03. The fourth-order valence-corrected chi connectivity index (χ4v) is 3.57. The van der Waals surface area contributed by atoms with Gasteiger partial charge in [-0.3, -0.25) is 0 Å². The van der Waals surface area contributed by atoms with E-state index in [9.17, 15) is 0 Å². The highest BCUT2D eigenvalue weighted by Gasteiger charge is 2.25. The first-order chi connectivity index (χ1) is 8.24. The molecule has 0 aliphatic heterocycles. The summed E-state index contributed by atoms with van der Waals surface area (Å²) >= 11 is 7.73. The van der Waals surface area contributed by atoms with E-state index in [1.165, 1.54) is 10.4 Å². The van der Waals surface area contributed by atoms with E-state index in [-0.39, 0.29) is 6.10 Å². The molecule has 1 aliphatic carbocycles. The first kappa shape index (κ1) is 13.3. The van der Waals surface area contributed by atoms with Crippen molar-refractivity contribution in [1.29, 1.82) is 0 Å². The summed E-state index contributed by atoms with van der Waals surface area (Å²) in [7, 11) is 3.41. The second kappa shape index (κ2) is 6.16. The third kappa shape index (κ3) is 3.20. The van der Waals surface area contributed by atoms with Gasteiger partial charge in [0.05, 0.1) is 17.0 Å². The molecule has 0 fully saturated rings.